The number of nitrogens with zero attached hydrogens (tertiary/aromatic N) is 2. The normalized spacial score (nSPS) is 18.9. The van der Waals surface area contributed by atoms with E-state index in [4.69, 9.17) is 16.7 Å². The molecule has 2 heterocycles. The number of carboxylic acid groups (broad SMARTS) is 1. The summed E-state index contributed by atoms with van der Waals surface area (Å²) in [5, 5.41) is 9.12. The van der Waals surface area contributed by atoms with Gasteiger partial charge in [0.05, 0.1) is 17.0 Å². The van der Waals surface area contributed by atoms with Crippen LogP contribution < -0.4 is 0 Å². The van der Waals surface area contributed by atoms with Crippen molar-refractivity contribution in [2.45, 2.75) is 25.3 Å². The fourth-order valence-electron chi connectivity index (χ4n) is 2.22. The molecule has 1 amide bonds. The molecule has 1 aromatic rings. The first kappa shape index (κ1) is 12.8. The second-order valence-electron chi connectivity index (χ2n) is 4.25. The largest absolute Gasteiger partial charge is 0.481 e. The molecule has 1 aliphatic rings. The standard InChI is InChI=1S/C12H13ClN2O3/c13-10-7-14-4-3-9(10)12(18)15-5-1-2-8(15)6-11(16)17/h3-4,7-8H,1-2,5-6H2,(H,16,17). The molecule has 1 aliphatic heterocycles. The van der Waals surface area contributed by atoms with E-state index < -0.39 is 5.97 Å². The maximum Gasteiger partial charge on any atom is 0.305 e. The van der Waals surface area contributed by atoms with Crippen LogP contribution in [0.15, 0.2) is 18.5 Å². The van der Waals surface area contributed by atoms with Crippen molar-refractivity contribution in [3.63, 3.8) is 0 Å². The molecule has 0 spiro atoms. The van der Waals surface area contributed by atoms with Crippen LogP contribution in [0.2, 0.25) is 5.02 Å². The smallest absolute Gasteiger partial charge is 0.305 e. The minimum absolute atomic E-state index is 0.0194. The van der Waals surface area contributed by atoms with Gasteiger partial charge >= 0.3 is 5.97 Å². The van der Waals surface area contributed by atoms with Gasteiger partial charge in [0.15, 0.2) is 0 Å². The Morgan fingerprint density at radius 1 is 1.56 bits per heavy atom. The Morgan fingerprint density at radius 3 is 3.00 bits per heavy atom. The number of halogens is 1. The number of carbonyl (C=O) groups is 2. The van der Waals surface area contributed by atoms with Gasteiger partial charge in [0.1, 0.15) is 0 Å². The number of aliphatic carboxylic acids is 1. The lowest BCUT2D eigenvalue weighted by atomic mass is 10.1. The van der Waals surface area contributed by atoms with E-state index in [1.54, 1.807) is 11.0 Å². The molecule has 5 nitrogen and oxygen atoms in total. The van der Waals surface area contributed by atoms with Crippen molar-refractivity contribution in [1.29, 1.82) is 0 Å². The number of likely N-dealkylation sites (tertiary alicyclic amines) is 1. The SMILES string of the molecule is O=C(O)CC1CCCN1C(=O)c1ccncc1Cl. The van der Waals surface area contributed by atoms with E-state index >= 15 is 0 Å². The Hall–Kier alpha value is -1.62. The highest BCUT2D eigenvalue weighted by molar-refractivity contribution is 6.33. The van der Waals surface area contributed by atoms with Crippen LogP contribution in [0, 0.1) is 0 Å². The molecule has 0 bridgehead atoms. The summed E-state index contributed by atoms with van der Waals surface area (Å²) in [6.45, 7) is 0.579. The number of amides is 1. The molecular formula is C12H13ClN2O3. The average molecular weight is 269 g/mol. The van der Waals surface area contributed by atoms with Crippen molar-refractivity contribution in [3.05, 3.63) is 29.0 Å². The van der Waals surface area contributed by atoms with Gasteiger partial charge in [-0.15, -0.1) is 0 Å². The van der Waals surface area contributed by atoms with Crippen molar-refractivity contribution in [2.75, 3.05) is 6.54 Å². The fraction of sp³-hybridized carbons (Fsp3) is 0.417. The van der Waals surface area contributed by atoms with E-state index in [-0.39, 0.29) is 18.4 Å². The predicted molar refractivity (Wildman–Crippen MR) is 65.6 cm³/mol. The molecule has 0 radical (unpaired) electrons. The number of hydrogen-bond donors (Lipinski definition) is 1. The molecule has 1 N–H and O–H groups in total. The van der Waals surface area contributed by atoms with Crippen LogP contribution in [0.25, 0.3) is 0 Å². The molecule has 96 valence electrons. The van der Waals surface area contributed by atoms with Gasteiger partial charge in [-0.3, -0.25) is 14.6 Å². The van der Waals surface area contributed by atoms with Gasteiger partial charge in [0.25, 0.3) is 5.91 Å². The van der Waals surface area contributed by atoms with Crippen molar-refractivity contribution < 1.29 is 14.7 Å². The van der Waals surface area contributed by atoms with Gasteiger partial charge in [0, 0.05) is 25.0 Å². The lowest BCUT2D eigenvalue weighted by Gasteiger charge is -2.23. The van der Waals surface area contributed by atoms with Gasteiger partial charge in [-0.1, -0.05) is 11.6 Å². The minimum Gasteiger partial charge on any atom is -0.481 e. The summed E-state index contributed by atoms with van der Waals surface area (Å²) in [5.74, 6) is -1.10. The fourth-order valence-corrected chi connectivity index (χ4v) is 2.42. The summed E-state index contributed by atoms with van der Waals surface area (Å²) in [5.41, 5.74) is 0.379. The first-order valence-electron chi connectivity index (χ1n) is 5.72. The van der Waals surface area contributed by atoms with Gasteiger partial charge in [-0.25, -0.2) is 0 Å². The zero-order valence-corrected chi connectivity index (χ0v) is 10.4. The molecule has 1 saturated heterocycles. The van der Waals surface area contributed by atoms with Crippen LogP contribution >= 0.6 is 11.6 Å². The maximum absolute atomic E-state index is 12.3. The van der Waals surface area contributed by atoms with E-state index in [1.165, 1.54) is 12.4 Å². The summed E-state index contributed by atoms with van der Waals surface area (Å²) in [4.78, 5) is 28.5. The quantitative estimate of drug-likeness (QED) is 0.908. The van der Waals surface area contributed by atoms with Gasteiger partial charge in [0.2, 0.25) is 0 Å². The van der Waals surface area contributed by atoms with Crippen molar-refractivity contribution in [3.8, 4) is 0 Å². The van der Waals surface area contributed by atoms with Crippen LogP contribution in [-0.4, -0.2) is 39.5 Å². The third-order valence-electron chi connectivity index (χ3n) is 3.05. The lowest BCUT2D eigenvalue weighted by molar-refractivity contribution is -0.137. The summed E-state index contributed by atoms with van der Waals surface area (Å²) in [7, 11) is 0. The molecular weight excluding hydrogens is 256 g/mol. The molecule has 1 unspecified atom stereocenters. The lowest BCUT2D eigenvalue weighted by Crippen LogP contribution is -2.37. The third kappa shape index (κ3) is 2.61. The number of carbonyl (C=O) groups excluding carboxylic acids is 1. The van der Waals surface area contributed by atoms with E-state index in [2.05, 4.69) is 4.98 Å². The number of carboxylic acids is 1. The van der Waals surface area contributed by atoms with Gasteiger partial charge in [-0.05, 0) is 18.9 Å². The van der Waals surface area contributed by atoms with Crippen LogP contribution in [0.5, 0.6) is 0 Å². The molecule has 6 heteroatoms. The Bertz CT molecular complexity index is 478. The summed E-state index contributed by atoms with van der Waals surface area (Å²) in [6, 6.07) is 1.32. The third-order valence-corrected chi connectivity index (χ3v) is 3.35. The highest BCUT2D eigenvalue weighted by Gasteiger charge is 2.31. The Labute approximate surface area is 109 Å². The monoisotopic (exact) mass is 268 g/mol. The van der Waals surface area contributed by atoms with Gasteiger partial charge < -0.3 is 10.0 Å². The average Bonchev–Trinajstić information content (AvgIpc) is 2.76. The molecule has 1 fully saturated rings. The van der Waals surface area contributed by atoms with E-state index in [1.807, 2.05) is 0 Å². The maximum atomic E-state index is 12.3. The number of rotatable bonds is 3. The molecule has 1 aromatic heterocycles. The van der Waals surface area contributed by atoms with Crippen molar-refractivity contribution >= 4 is 23.5 Å². The van der Waals surface area contributed by atoms with Crippen LogP contribution in [0.4, 0.5) is 0 Å². The van der Waals surface area contributed by atoms with E-state index in [9.17, 15) is 9.59 Å². The number of hydrogen-bond acceptors (Lipinski definition) is 3. The Morgan fingerprint density at radius 2 is 2.33 bits per heavy atom. The van der Waals surface area contributed by atoms with Crippen LogP contribution in [0.1, 0.15) is 29.6 Å². The Kier molecular flexibility index (Phi) is 3.81. The number of aromatic nitrogens is 1. The van der Waals surface area contributed by atoms with Crippen LogP contribution in [-0.2, 0) is 4.79 Å². The first-order chi connectivity index (χ1) is 8.59. The second-order valence-corrected chi connectivity index (χ2v) is 4.66. The molecule has 0 saturated carbocycles. The number of pyridine rings is 1. The second kappa shape index (κ2) is 5.35. The zero-order valence-electron chi connectivity index (χ0n) is 9.67. The van der Waals surface area contributed by atoms with E-state index in [0.29, 0.717) is 17.1 Å². The Balaban J connectivity index is 2.18. The van der Waals surface area contributed by atoms with Gasteiger partial charge in [-0.2, -0.15) is 0 Å². The molecule has 0 aromatic carbocycles. The molecule has 1 atom stereocenters. The minimum atomic E-state index is -0.888. The molecule has 2 rings (SSSR count). The summed E-state index contributed by atoms with van der Waals surface area (Å²) < 4.78 is 0. The molecule has 0 aliphatic carbocycles. The van der Waals surface area contributed by atoms with Crippen molar-refractivity contribution in [1.82, 2.24) is 9.88 Å². The first-order valence-corrected chi connectivity index (χ1v) is 6.09. The predicted octanol–water partition coefficient (Wildman–Crippen LogP) is 1.81. The van der Waals surface area contributed by atoms with Crippen molar-refractivity contribution in [2.24, 2.45) is 0 Å². The zero-order chi connectivity index (χ0) is 13.1. The highest BCUT2D eigenvalue weighted by atomic mass is 35.5. The summed E-state index contributed by atoms with van der Waals surface area (Å²) in [6.07, 6.45) is 4.44. The van der Waals surface area contributed by atoms with Crippen LogP contribution in [0.3, 0.4) is 0 Å². The topological polar surface area (TPSA) is 70.5 Å². The summed E-state index contributed by atoms with van der Waals surface area (Å²) >= 11 is 5.92. The van der Waals surface area contributed by atoms with E-state index in [0.717, 1.165) is 12.8 Å². The highest BCUT2D eigenvalue weighted by Crippen LogP contribution is 2.24. The molecule has 18 heavy (non-hydrogen) atoms.